The number of phenolic OH excluding ortho intramolecular Hbond substituents is 1. The molecule has 4 rings (SSSR count). The highest BCUT2D eigenvalue weighted by atomic mass is 19.1. The van der Waals surface area contributed by atoms with Crippen LogP contribution >= 0.6 is 0 Å². The van der Waals surface area contributed by atoms with Crippen molar-refractivity contribution in [2.45, 2.75) is 19.3 Å². The molecular weight excluding hydrogens is 397 g/mol. The molecule has 0 unspecified atom stereocenters. The monoisotopic (exact) mass is 425 g/mol. The van der Waals surface area contributed by atoms with Crippen molar-refractivity contribution in [1.82, 2.24) is 14.8 Å². The molecule has 2 N–H and O–H groups in total. The Kier molecular flexibility index (Phi) is 6.72. The Bertz CT molecular complexity index is 1010. The third-order valence-electron chi connectivity index (χ3n) is 5.91. The summed E-state index contributed by atoms with van der Waals surface area (Å²) >= 11 is 0. The molecule has 0 spiro atoms. The molecule has 0 radical (unpaired) electrons. The molecule has 0 saturated carbocycles. The van der Waals surface area contributed by atoms with Gasteiger partial charge in [0, 0.05) is 24.7 Å². The number of carbonyl (C=O) groups is 1. The zero-order valence-corrected chi connectivity index (χ0v) is 17.5. The van der Waals surface area contributed by atoms with Crippen molar-refractivity contribution < 1.29 is 19.0 Å². The highest BCUT2D eigenvalue weighted by Crippen LogP contribution is 2.22. The molecule has 0 bridgehead atoms. The van der Waals surface area contributed by atoms with Crippen LogP contribution in [0.5, 0.6) is 11.5 Å². The molecule has 164 valence electrons. The molecule has 2 aromatic carbocycles. The quantitative estimate of drug-likeness (QED) is 0.595. The van der Waals surface area contributed by atoms with Crippen LogP contribution in [0.1, 0.15) is 19.3 Å². The maximum absolute atomic E-state index is 12.9. The van der Waals surface area contributed by atoms with Gasteiger partial charge in [-0.3, -0.25) is 4.57 Å². The Balaban J connectivity index is 1.14. The van der Waals surface area contributed by atoms with E-state index in [-0.39, 0.29) is 17.6 Å². The van der Waals surface area contributed by atoms with E-state index < -0.39 is 0 Å². The zero-order chi connectivity index (χ0) is 21.6. The molecule has 0 atom stereocenters. The van der Waals surface area contributed by atoms with Gasteiger partial charge in [0.05, 0.1) is 12.1 Å². The van der Waals surface area contributed by atoms with Gasteiger partial charge in [-0.1, -0.05) is 0 Å². The summed E-state index contributed by atoms with van der Waals surface area (Å²) in [5.41, 5.74) is 0.777. The number of likely N-dealkylation sites (tertiary alicyclic amines) is 1. The van der Waals surface area contributed by atoms with Gasteiger partial charge in [0.15, 0.2) is 0 Å². The Morgan fingerprint density at radius 1 is 1.13 bits per heavy atom. The van der Waals surface area contributed by atoms with Crippen molar-refractivity contribution >= 4 is 16.9 Å². The highest BCUT2D eigenvalue weighted by Gasteiger charge is 2.19. The van der Waals surface area contributed by atoms with E-state index in [1.807, 2.05) is 6.07 Å². The van der Waals surface area contributed by atoms with Crippen LogP contribution in [0, 0.1) is 11.7 Å². The maximum Gasteiger partial charge on any atom is 0.326 e. The van der Waals surface area contributed by atoms with Crippen molar-refractivity contribution in [3.63, 3.8) is 0 Å². The van der Waals surface area contributed by atoms with E-state index in [4.69, 9.17) is 4.74 Å². The van der Waals surface area contributed by atoms with Gasteiger partial charge < -0.3 is 20.1 Å². The summed E-state index contributed by atoms with van der Waals surface area (Å²) in [5, 5.41) is 13.4. The lowest BCUT2D eigenvalue weighted by molar-refractivity contribution is 0.164. The fourth-order valence-corrected chi connectivity index (χ4v) is 4.09. The number of carbonyl (C=O) groups excluding carboxylic acids is 1. The average molecular weight is 426 g/mol. The topological polar surface area (TPSA) is 66.7 Å². The first-order valence-corrected chi connectivity index (χ1v) is 10.8. The van der Waals surface area contributed by atoms with Gasteiger partial charge in [-0.2, -0.15) is 0 Å². The van der Waals surface area contributed by atoms with E-state index in [2.05, 4.69) is 10.2 Å². The molecule has 1 amide bonds. The molecule has 3 aromatic rings. The number of rotatable bonds is 7. The third-order valence-corrected chi connectivity index (χ3v) is 5.91. The molecule has 2 heterocycles. The van der Waals surface area contributed by atoms with Gasteiger partial charge in [-0.25, -0.2) is 9.18 Å². The summed E-state index contributed by atoms with van der Waals surface area (Å²) in [7, 11) is 0. The molecule has 1 fully saturated rings. The van der Waals surface area contributed by atoms with E-state index in [1.54, 1.807) is 41.1 Å². The summed E-state index contributed by atoms with van der Waals surface area (Å²) in [6, 6.07) is 12.8. The Labute approximate surface area is 181 Å². The zero-order valence-electron chi connectivity index (χ0n) is 17.5. The Hall–Kier alpha value is -3.06. The SMILES string of the molecule is O=C(NCCN1CCC(CCOc2ccc(F)cc2)CC1)n1ccc2cc(O)ccc21. The van der Waals surface area contributed by atoms with Crippen LogP contribution in [0.25, 0.3) is 10.9 Å². The van der Waals surface area contributed by atoms with Crippen LogP contribution in [-0.2, 0) is 0 Å². The minimum atomic E-state index is -0.252. The Morgan fingerprint density at radius 3 is 2.68 bits per heavy atom. The van der Waals surface area contributed by atoms with Crippen LogP contribution in [0.3, 0.4) is 0 Å². The first-order chi connectivity index (χ1) is 15.1. The molecule has 6 nitrogen and oxygen atoms in total. The number of aromatic hydroxyl groups is 1. The normalized spacial score (nSPS) is 15.3. The van der Waals surface area contributed by atoms with Crippen molar-refractivity contribution in [3.8, 4) is 11.5 Å². The first kappa shape index (κ1) is 21.2. The van der Waals surface area contributed by atoms with Crippen LogP contribution in [0.4, 0.5) is 9.18 Å². The number of nitrogens with one attached hydrogen (secondary N) is 1. The number of aromatic nitrogens is 1. The van der Waals surface area contributed by atoms with Gasteiger partial charge in [-0.15, -0.1) is 0 Å². The van der Waals surface area contributed by atoms with Crippen LogP contribution in [0.15, 0.2) is 54.7 Å². The number of hydrogen-bond acceptors (Lipinski definition) is 4. The highest BCUT2D eigenvalue weighted by molar-refractivity contribution is 5.92. The fraction of sp³-hybridized carbons (Fsp3) is 0.375. The van der Waals surface area contributed by atoms with E-state index in [0.29, 0.717) is 24.8 Å². The second kappa shape index (κ2) is 9.83. The Morgan fingerprint density at radius 2 is 1.90 bits per heavy atom. The van der Waals surface area contributed by atoms with E-state index in [9.17, 15) is 14.3 Å². The number of fused-ring (bicyclic) bond motifs is 1. The van der Waals surface area contributed by atoms with Crippen molar-refractivity contribution in [2.24, 2.45) is 5.92 Å². The smallest absolute Gasteiger partial charge is 0.326 e. The molecular formula is C24H28FN3O3. The standard InChI is InChI=1S/C24H28FN3O3/c25-20-1-4-22(5-2-20)31-16-10-18-7-12-27(13-8-18)15-11-26-24(30)28-14-9-19-17-21(29)3-6-23(19)28/h1-6,9,14,17-18,29H,7-8,10-13,15-16H2,(H,26,30). The predicted octanol–water partition coefficient (Wildman–Crippen LogP) is 4.22. The van der Waals surface area contributed by atoms with Gasteiger partial charge in [0.1, 0.15) is 17.3 Å². The number of amides is 1. The minimum Gasteiger partial charge on any atom is -0.508 e. The lowest BCUT2D eigenvalue weighted by Crippen LogP contribution is -2.40. The van der Waals surface area contributed by atoms with E-state index in [1.165, 1.54) is 12.1 Å². The van der Waals surface area contributed by atoms with Crippen LogP contribution in [-0.4, -0.2) is 53.4 Å². The van der Waals surface area contributed by atoms with Gasteiger partial charge in [-0.05, 0) is 86.8 Å². The molecule has 1 saturated heterocycles. The lowest BCUT2D eigenvalue weighted by atomic mass is 9.94. The number of ether oxygens (including phenoxy) is 1. The van der Waals surface area contributed by atoms with Gasteiger partial charge >= 0.3 is 6.03 Å². The second-order valence-corrected chi connectivity index (χ2v) is 8.04. The van der Waals surface area contributed by atoms with Gasteiger partial charge in [0.25, 0.3) is 0 Å². The summed E-state index contributed by atoms with van der Waals surface area (Å²) in [6.07, 6.45) is 4.95. The van der Waals surface area contributed by atoms with E-state index in [0.717, 1.165) is 49.8 Å². The molecule has 7 heteroatoms. The lowest BCUT2D eigenvalue weighted by Gasteiger charge is -2.31. The van der Waals surface area contributed by atoms with Crippen LogP contribution in [0.2, 0.25) is 0 Å². The summed E-state index contributed by atoms with van der Waals surface area (Å²) in [5.74, 6) is 1.28. The number of nitrogens with zero attached hydrogens (tertiary/aromatic N) is 2. The minimum absolute atomic E-state index is 0.159. The van der Waals surface area contributed by atoms with Gasteiger partial charge in [0.2, 0.25) is 0 Å². The maximum atomic E-state index is 12.9. The summed E-state index contributed by atoms with van der Waals surface area (Å²) in [4.78, 5) is 14.9. The third kappa shape index (κ3) is 5.55. The molecule has 1 aromatic heterocycles. The second-order valence-electron chi connectivity index (χ2n) is 8.04. The number of benzene rings is 2. The number of piperidine rings is 1. The first-order valence-electron chi connectivity index (χ1n) is 10.8. The molecule has 1 aliphatic rings. The largest absolute Gasteiger partial charge is 0.508 e. The number of phenols is 1. The molecule has 1 aliphatic heterocycles. The fourth-order valence-electron chi connectivity index (χ4n) is 4.09. The van der Waals surface area contributed by atoms with E-state index >= 15 is 0 Å². The predicted molar refractivity (Wildman–Crippen MR) is 118 cm³/mol. The average Bonchev–Trinajstić information content (AvgIpc) is 3.19. The number of halogens is 1. The summed E-state index contributed by atoms with van der Waals surface area (Å²) in [6.45, 7) is 4.10. The van der Waals surface area contributed by atoms with Crippen molar-refractivity contribution in [1.29, 1.82) is 0 Å². The summed E-state index contributed by atoms with van der Waals surface area (Å²) < 4.78 is 20.2. The van der Waals surface area contributed by atoms with Crippen molar-refractivity contribution in [3.05, 3.63) is 60.5 Å². The number of hydrogen-bond donors (Lipinski definition) is 2. The van der Waals surface area contributed by atoms with Crippen LogP contribution < -0.4 is 10.1 Å². The molecule has 31 heavy (non-hydrogen) atoms. The van der Waals surface area contributed by atoms with Crippen molar-refractivity contribution in [2.75, 3.05) is 32.8 Å². The molecule has 0 aliphatic carbocycles.